The third-order valence-corrected chi connectivity index (χ3v) is 1.90. The number of aliphatic hydroxyl groups excluding tert-OH is 1. The van der Waals surface area contributed by atoms with Crippen LogP contribution in [0.5, 0.6) is 0 Å². The van der Waals surface area contributed by atoms with Crippen LogP contribution in [0.15, 0.2) is 12.2 Å². The van der Waals surface area contributed by atoms with Crippen LogP contribution in [-0.2, 0) is 4.79 Å². The molecule has 4 heteroatoms. The lowest BCUT2D eigenvalue weighted by Gasteiger charge is -2.34. The quantitative estimate of drug-likeness (QED) is 0.531. The van der Waals surface area contributed by atoms with Gasteiger partial charge in [0.2, 0.25) is 5.91 Å². The number of alkyl halides is 1. The number of hydrogen-bond donors (Lipinski definition) is 1. The van der Waals surface area contributed by atoms with Crippen LogP contribution in [0, 0.1) is 0 Å². The maximum Gasteiger partial charge on any atom is 0.246 e. The van der Waals surface area contributed by atoms with E-state index < -0.39 is 0 Å². The van der Waals surface area contributed by atoms with Crippen LogP contribution in [0.2, 0.25) is 0 Å². The Hall–Kier alpha value is -0.350. The fourth-order valence-corrected chi connectivity index (χ4v) is 1.07. The summed E-state index contributed by atoms with van der Waals surface area (Å²) >= 11 is 3.17. The summed E-state index contributed by atoms with van der Waals surface area (Å²) in [7, 11) is 0. The van der Waals surface area contributed by atoms with Crippen LogP contribution in [-0.4, -0.2) is 40.4 Å². The van der Waals surface area contributed by atoms with Gasteiger partial charge < -0.3 is 10.0 Å². The SMILES string of the molecule is O=C(/C=C/CBr)N1CC(O)C1. The predicted octanol–water partition coefficient (Wildman–Crippen LogP) is 0.141. The molecule has 0 spiro atoms. The smallest absolute Gasteiger partial charge is 0.246 e. The number of hydrogen-bond acceptors (Lipinski definition) is 2. The monoisotopic (exact) mass is 219 g/mol. The van der Waals surface area contributed by atoms with Gasteiger partial charge in [-0.2, -0.15) is 0 Å². The highest BCUT2D eigenvalue weighted by Crippen LogP contribution is 2.07. The number of halogens is 1. The largest absolute Gasteiger partial charge is 0.389 e. The van der Waals surface area contributed by atoms with Gasteiger partial charge in [-0.15, -0.1) is 0 Å². The molecule has 1 aliphatic rings. The number of likely N-dealkylation sites (tertiary alicyclic amines) is 1. The number of carbonyl (C=O) groups is 1. The number of nitrogens with zero attached hydrogens (tertiary/aromatic N) is 1. The second-order valence-corrected chi connectivity index (χ2v) is 3.10. The van der Waals surface area contributed by atoms with Crippen molar-refractivity contribution in [3.63, 3.8) is 0 Å². The van der Waals surface area contributed by atoms with E-state index in [1.54, 1.807) is 11.0 Å². The summed E-state index contributed by atoms with van der Waals surface area (Å²) in [4.78, 5) is 12.6. The molecule has 3 nitrogen and oxygen atoms in total. The summed E-state index contributed by atoms with van der Waals surface area (Å²) < 4.78 is 0. The molecular weight excluding hydrogens is 210 g/mol. The minimum Gasteiger partial charge on any atom is -0.389 e. The van der Waals surface area contributed by atoms with Crippen molar-refractivity contribution in [2.24, 2.45) is 0 Å². The molecule has 1 amide bonds. The van der Waals surface area contributed by atoms with Gasteiger partial charge in [0.05, 0.1) is 6.10 Å². The van der Waals surface area contributed by atoms with Crippen LogP contribution in [0.1, 0.15) is 0 Å². The molecular formula is C7H10BrNO2. The highest BCUT2D eigenvalue weighted by Gasteiger charge is 2.26. The average molecular weight is 220 g/mol. The Morgan fingerprint density at radius 1 is 1.73 bits per heavy atom. The number of β-amino-alcohol motifs (C(OH)–C–C–N with tert-alkyl or cyclic N) is 1. The summed E-state index contributed by atoms with van der Waals surface area (Å²) in [5.41, 5.74) is 0. The van der Waals surface area contributed by atoms with Gasteiger partial charge in [0.25, 0.3) is 0 Å². The molecule has 1 fully saturated rings. The molecule has 0 radical (unpaired) electrons. The Balaban J connectivity index is 2.26. The third kappa shape index (κ3) is 2.31. The molecule has 0 aromatic heterocycles. The molecule has 0 aromatic rings. The van der Waals surface area contributed by atoms with E-state index in [1.165, 1.54) is 6.08 Å². The number of aliphatic hydroxyl groups is 1. The van der Waals surface area contributed by atoms with E-state index in [9.17, 15) is 4.79 Å². The first-order valence-electron chi connectivity index (χ1n) is 3.43. The molecule has 11 heavy (non-hydrogen) atoms. The fraction of sp³-hybridized carbons (Fsp3) is 0.571. The summed E-state index contributed by atoms with van der Waals surface area (Å²) in [6.45, 7) is 0.955. The predicted molar refractivity (Wildman–Crippen MR) is 45.5 cm³/mol. The zero-order valence-corrected chi connectivity index (χ0v) is 7.62. The molecule has 1 N–H and O–H groups in total. The summed E-state index contributed by atoms with van der Waals surface area (Å²) in [6, 6.07) is 0. The maximum absolute atomic E-state index is 11.0. The van der Waals surface area contributed by atoms with Gasteiger partial charge >= 0.3 is 0 Å². The molecule has 62 valence electrons. The first-order valence-corrected chi connectivity index (χ1v) is 4.55. The van der Waals surface area contributed by atoms with Crippen molar-refractivity contribution in [1.82, 2.24) is 4.90 Å². The number of amides is 1. The second-order valence-electron chi connectivity index (χ2n) is 2.45. The van der Waals surface area contributed by atoms with Gasteiger partial charge in [0.1, 0.15) is 0 Å². The Morgan fingerprint density at radius 2 is 2.36 bits per heavy atom. The molecule has 0 aromatic carbocycles. The number of carbonyl (C=O) groups excluding carboxylic acids is 1. The van der Waals surface area contributed by atoms with Gasteiger partial charge in [-0.05, 0) is 6.08 Å². The van der Waals surface area contributed by atoms with Crippen LogP contribution in [0.25, 0.3) is 0 Å². The minimum atomic E-state index is -0.309. The Labute approximate surface area is 73.8 Å². The van der Waals surface area contributed by atoms with Crippen molar-refractivity contribution in [3.8, 4) is 0 Å². The molecule has 1 heterocycles. The van der Waals surface area contributed by atoms with Gasteiger partial charge in [0.15, 0.2) is 0 Å². The number of allylic oxidation sites excluding steroid dienone is 1. The Morgan fingerprint density at radius 3 is 2.82 bits per heavy atom. The summed E-state index contributed by atoms with van der Waals surface area (Å²) in [5, 5.41) is 9.56. The third-order valence-electron chi connectivity index (χ3n) is 1.52. The lowest BCUT2D eigenvalue weighted by molar-refractivity contribution is -0.135. The molecule has 0 bridgehead atoms. The molecule has 1 aliphatic heterocycles. The van der Waals surface area contributed by atoms with E-state index >= 15 is 0 Å². The van der Waals surface area contributed by atoms with Crippen LogP contribution in [0.4, 0.5) is 0 Å². The van der Waals surface area contributed by atoms with Crippen molar-refractivity contribution in [3.05, 3.63) is 12.2 Å². The van der Waals surface area contributed by atoms with Crippen LogP contribution in [0.3, 0.4) is 0 Å². The summed E-state index contributed by atoms with van der Waals surface area (Å²) in [6.07, 6.45) is 2.95. The lowest BCUT2D eigenvalue weighted by atomic mass is 10.2. The van der Waals surface area contributed by atoms with E-state index in [0.717, 1.165) is 0 Å². The van der Waals surface area contributed by atoms with E-state index in [0.29, 0.717) is 18.4 Å². The standard InChI is InChI=1S/C7H10BrNO2/c8-3-1-2-7(11)9-4-6(10)5-9/h1-2,6,10H,3-5H2/b2-1+. The van der Waals surface area contributed by atoms with Crippen molar-refractivity contribution < 1.29 is 9.90 Å². The van der Waals surface area contributed by atoms with Crippen molar-refractivity contribution in [2.75, 3.05) is 18.4 Å². The number of rotatable bonds is 2. The lowest BCUT2D eigenvalue weighted by Crippen LogP contribution is -2.52. The van der Waals surface area contributed by atoms with Gasteiger partial charge in [-0.1, -0.05) is 22.0 Å². The molecule has 0 unspecified atom stereocenters. The molecule has 1 saturated heterocycles. The highest BCUT2D eigenvalue weighted by molar-refractivity contribution is 9.09. The van der Waals surface area contributed by atoms with Gasteiger partial charge in [0, 0.05) is 18.4 Å². The van der Waals surface area contributed by atoms with Crippen LogP contribution < -0.4 is 0 Å². The average Bonchev–Trinajstić information content (AvgIpc) is 1.94. The zero-order valence-electron chi connectivity index (χ0n) is 6.03. The van der Waals surface area contributed by atoms with Gasteiger partial charge in [-0.25, -0.2) is 0 Å². The van der Waals surface area contributed by atoms with Crippen molar-refractivity contribution in [2.45, 2.75) is 6.10 Å². The Bertz CT molecular complexity index is 175. The Kier molecular flexibility index (Phi) is 3.08. The highest BCUT2D eigenvalue weighted by atomic mass is 79.9. The van der Waals surface area contributed by atoms with Crippen molar-refractivity contribution in [1.29, 1.82) is 0 Å². The minimum absolute atomic E-state index is 0.0187. The summed E-state index contributed by atoms with van der Waals surface area (Å²) in [5.74, 6) is -0.0187. The molecule has 0 aliphatic carbocycles. The van der Waals surface area contributed by atoms with Crippen molar-refractivity contribution >= 4 is 21.8 Å². The first kappa shape index (κ1) is 8.74. The molecule has 1 rings (SSSR count). The zero-order chi connectivity index (χ0) is 8.27. The molecule has 0 atom stereocenters. The maximum atomic E-state index is 11.0. The first-order chi connectivity index (χ1) is 5.24. The normalized spacial score (nSPS) is 18.9. The fourth-order valence-electron chi connectivity index (χ4n) is 0.886. The van der Waals surface area contributed by atoms with E-state index in [4.69, 9.17) is 5.11 Å². The second kappa shape index (κ2) is 3.88. The van der Waals surface area contributed by atoms with E-state index in [2.05, 4.69) is 15.9 Å². The van der Waals surface area contributed by atoms with Crippen LogP contribution >= 0.6 is 15.9 Å². The molecule has 0 saturated carbocycles. The van der Waals surface area contributed by atoms with Gasteiger partial charge in [-0.3, -0.25) is 4.79 Å². The topological polar surface area (TPSA) is 40.5 Å². The van der Waals surface area contributed by atoms with E-state index in [-0.39, 0.29) is 12.0 Å². The van der Waals surface area contributed by atoms with E-state index in [1.807, 2.05) is 0 Å².